The highest BCUT2D eigenvalue weighted by molar-refractivity contribution is 7.79. The normalized spacial score (nSPS) is 17.9. The monoisotopic (exact) mass is 520 g/mol. The van der Waals surface area contributed by atoms with E-state index in [9.17, 15) is 4.79 Å². The number of benzene rings is 2. The van der Waals surface area contributed by atoms with E-state index in [1.165, 1.54) is 0 Å². The van der Waals surface area contributed by atoms with E-state index in [0.717, 1.165) is 29.7 Å². The Hall–Kier alpha value is -2.42. The number of carbonyl (C=O) groups excluding carboxylic acids is 1. The molecule has 4 rings (SSSR count). The topological polar surface area (TPSA) is 73.3 Å². The average molecular weight is 522 g/mol. The maximum atomic E-state index is 13.3. The van der Waals surface area contributed by atoms with Crippen molar-refractivity contribution in [3.8, 4) is 0 Å². The Morgan fingerprint density at radius 2 is 1.79 bits per heavy atom. The molecule has 1 atom stereocenters. The molecule has 170 valence electrons. The van der Waals surface area contributed by atoms with Gasteiger partial charge in [0.1, 0.15) is 0 Å². The predicted molar refractivity (Wildman–Crippen MR) is 139 cm³/mol. The number of carbonyl (C=O) groups is 1. The number of hydrogen-bond acceptors (Lipinski definition) is 4. The lowest BCUT2D eigenvalue weighted by Crippen LogP contribution is -2.94. The second-order valence-electron chi connectivity index (χ2n) is 7.49. The first-order valence-corrected chi connectivity index (χ1v) is 11.8. The number of allylic oxidation sites excluding steroid dienone is 4. The first-order chi connectivity index (χ1) is 15.8. The minimum absolute atomic E-state index is 0.257. The predicted octanol–water partition coefficient (Wildman–Crippen LogP) is 4.39. The molecule has 1 unspecified atom stereocenters. The van der Waals surface area contributed by atoms with E-state index < -0.39 is 6.17 Å². The quantitative estimate of drug-likeness (QED) is 0.317. The molecule has 1 aliphatic carbocycles. The van der Waals surface area contributed by atoms with Crippen LogP contribution in [0.25, 0.3) is 0 Å². The summed E-state index contributed by atoms with van der Waals surface area (Å²) in [4.78, 5) is 19.6. The number of halogens is 3. The summed E-state index contributed by atoms with van der Waals surface area (Å²) < 4.78 is 0. The highest BCUT2D eigenvalue weighted by atomic mass is 35.5. The summed E-state index contributed by atoms with van der Waals surface area (Å²) in [5.74, 6) is -0.257. The van der Waals surface area contributed by atoms with Crippen LogP contribution in [-0.2, 0) is 4.79 Å². The van der Waals surface area contributed by atoms with Gasteiger partial charge in [-0.1, -0.05) is 47.0 Å². The molecule has 2 aromatic rings. The lowest BCUT2D eigenvalue weighted by atomic mass is 9.96. The molecule has 1 amide bonds. The number of aliphatic imine (C=N–C) groups is 1. The van der Waals surface area contributed by atoms with Crippen LogP contribution in [0.5, 0.6) is 0 Å². The first-order valence-electron chi connectivity index (χ1n) is 10.2. The molecule has 33 heavy (non-hydrogen) atoms. The lowest BCUT2D eigenvalue weighted by Gasteiger charge is -2.21. The van der Waals surface area contributed by atoms with Crippen LogP contribution in [0.3, 0.4) is 0 Å². The maximum absolute atomic E-state index is 13.3. The Labute approximate surface area is 212 Å². The summed E-state index contributed by atoms with van der Waals surface area (Å²) in [6.45, 7) is 0. The number of likely N-dealkylation sites (N-methyl/N-ethyl adjacent to an activating group) is 1. The summed E-state index contributed by atoms with van der Waals surface area (Å²) in [5, 5.41) is 5.14. The number of nitrogens with zero attached hydrogens (tertiary/aromatic N) is 2. The zero-order valence-corrected chi connectivity index (χ0v) is 20.7. The van der Waals surface area contributed by atoms with Crippen molar-refractivity contribution >= 4 is 75.1 Å². The number of anilines is 2. The third-order valence-electron chi connectivity index (χ3n) is 5.24. The molecular weight excluding hydrogens is 501 g/mol. The average Bonchev–Trinajstić information content (AvgIpc) is 2.89. The van der Waals surface area contributed by atoms with Crippen LogP contribution in [0.15, 0.2) is 70.2 Å². The largest absolute Gasteiger partial charge is 0.311 e. The summed E-state index contributed by atoms with van der Waals surface area (Å²) in [6, 6.07) is 12.5. The summed E-state index contributed by atoms with van der Waals surface area (Å²) >= 11 is 24.2. The third kappa shape index (κ3) is 5.39. The molecule has 2 aromatic carbocycles. The Morgan fingerprint density at radius 3 is 2.52 bits per heavy atom. The van der Waals surface area contributed by atoms with Gasteiger partial charge in [0, 0.05) is 45.5 Å². The molecule has 0 saturated heterocycles. The van der Waals surface area contributed by atoms with Gasteiger partial charge in [0.05, 0.1) is 17.1 Å². The highest BCUT2D eigenvalue weighted by Crippen LogP contribution is 2.34. The minimum Gasteiger partial charge on any atom is -0.311 e. The van der Waals surface area contributed by atoms with Crippen LogP contribution in [0, 0.1) is 0 Å². The fourth-order valence-electron chi connectivity index (χ4n) is 3.58. The fraction of sp³-hybridized carbons (Fsp3) is 0.174. The van der Waals surface area contributed by atoms with E-state index in [4.69, 9.17) is 52.0 Å². The van der Waals surface area contributed by atoms with Crippen molar-refractivity contribution in [2.45, 2.75) is 19.0 Å². The van der Waals surface area contributed by atoms with Gasteiger partial charge in [0.15, 0.2) is 0 Å². The SMILES string of the molecule is CN1C(=O)C(NC(=S)[NH2+]Nc2ccc(Cl)cc2)N=C(C2=CCCC=C2Cl)c2cc(Cl)ccc21. The molecule has 2 aliphatic rings. The van der Waals surface area contributed by atoms with Crippen LogP contribution >= 0.6 is 47.0 Å². The van der Waals surface area contributed by atoms with Gasteiger partial charge in [-0.2, -0.15) is 5.43 Å². The number of fused-ring (bicyclic) bond motifs is 1. The number of rotatable bonds is 4. The molecule has 0 spiro atoms. The highest BCUT2D eigenvalue weighted by Gasteiger charge is 2.32. The standard InChI is InChI=1S/C23H20Cl3N5OS/c1-31-19-11-8-14(25)12-17(19)20(16-4-2-3-5-18(16)26)27-21(22(31)32)28-23(33)30-29-15-9-6-13(24)7-10-15/h4-12,21,29H,2-3H2,1H3,(H2,28,30,33)/p+1. The molecule has 4 N–H and O–H groups in total. The number of nitrogens with one attached hydrogen (secondary N) is 2. The Bertz CT molecular complexity index is 1190. The first kappa shape index (κ1) is 23.7. The van der Waals surface area contributed by atoms with Crippen LogP contribution in [0.4, 0.5) is 11.4 Å². The third-order valence-corrected chi connectivity index (χ3v) is 6.32. The van der Waals surface area contributed by atoms with Crippen molar-refractivity contribution in [1.29, 1.82) is 0 Å². The van der Waals surface area contributed by atoms with E-state index in [0.29, 0.717) is 31.6 Å². The Balaban J connectivity index is 1.64. The smallest absolute Gasteiger partial charge is 0.293 e. The van der Waals surface area contributed by atoms with Gasteiger partial charge < -0.3 is 4.90 Å². The molecule has 6 nitrogen and oxygen atoms in total. The molecule has 1 aliphatic heterocycles. The van der Waals surface area contributed by atoms with Gasteiger partial charge in [-0.15, -0.1) is 0 Å². The zero-order valence-electron chi connectivity index (χ0n) is 17.6. The molecule has 0 saturated carbocycles. The van der Waals surface area contributed by atoms with E-state index in [1.807, 2.05) is 24.3 Å². The van der Waals surface area contributed by atoms with Gasteiger partial charge in [-0.25, -0.2) is 10.4 Å². The van der Waals surface area contributed by atoms with Crippen molar-refractivity contribution in [3.05, 3.63) is 80.8 Å². The van der Waals surface area contributed by atoms with Crippen molar-refractivity contribution in [2.24, 2.45) is 4.99 Å². The maximum Gasteiger partial charge on any atom is 0.293 e. The molecular formula is C23H21Cl3N5OS+. The number of amides is 1. The number of thiocarbonyl (C=S) groups is 1. The zero-order chi connectivity index (χ0) is 23.5. The summed E-state index contributed by atoms with van der Waals surface area (Å²) in [6.07, 6.45) is 4.73. The second-order valence-corrected chi connectivity index (χ2v) is 9.21. The van der Waals surface area contributed by atoms with E-state index >= 15 is 0 Å². The number of quaternary nitrogens is 1. The van der Waals surface area contributed by atoms with Gasteiger partial charge >= 0.3 is 0 Å². The van der Waals surface area contributed by atoms with E-state index in [2.05, 4.69) is 10.7 Å². The summed E-state index contributed by atoms with van der Waals surface area (Å²) in [7, 11) is 1.70. The molecule has 10 heteroatoms. The van der Waals surface area contributed by atoms with E-state index in [-0.39, 0.29) is 5.91 Å². The number of benzodiazepines with no additional fused rings is 1. The minimum atomic E-state index is -0.945. The van der Waals surface area contributed by atoms with Crippen molar-refractivity contribution in [2.75, 3.05) is 17.4 Å². The van der Waals surface area contributed by atoms with Gasteiger partial charge in [-0.05, 0) is 55.3 Å². The van der Waals surface area contributed by atoms with E-state index in [1.54, 1.807) is 47.7 Å². The number of nitrogen functional groups attached to an aromatic ring is 1. The molecule has 0 aromatic heterocycles. The van der Waals surface area contributed by atoms with Crippen LogP contribution in [0.1, 0.15) is 18.4 Å². The molecule has 0 radical (unpaired) electrons. The van der Waals surface area contributed by atoms with Gasteiger partial charge in [0.2, 0.25) is 6.17 Å². The number of hydrogen-bond donors (Lipinski definition) is 3. The lowest BCUT2D eigenvalue weighted by molar-refractivity contribution is -0.505. The van der Waals surface area contributed by atoms with Gasteiger partial charge in [-0.3, -0.25) is 10.1 Å². The number of nitrogens with two attached hydrogens (primary N) is 1. The van der Waals surface area contributed by atoms with Gasteiger partial charge in [0.25, 0.3) is 11.0 Å². The molecule has 1 heterocycles. The fourth-order valence-corrected chi connectivity index (χ4v) is 4.33. The van der Waals surface area contributed by atoms with Crippen molar-refractivity contribution in [1.82, 2.24) is 5.32 Å². The van der Waals surface area contributed by atoms with Crippen LogP contribution < -0.4 is 21.1 Å². The van der Waals surface area contributed by atoms with Crippen LogP contribution in [-0.4, -0.2) is 29.9 Å². The van der Waals surface area contributed by atoms with Crippen LogP contribution in [0.2, 0.25) is 10.0 Å². The molecule has 0 bridgehead atoms. The van der Waals surface area contributed by atoms with Crippen molar-refractivity contribution < 1.29 is 10.2 Å². The van der Waals surface area contributed by atoms with Crippen molar-refractivity contribution in [3.63, 3.8) is 0 Å². The summed E-state index contributed by atoms with van der Waals surface area (Å²) in [5.41, 5.74) is 8.29. The molecule has 0 fully saturated rings. The Kier molecular flexibility index (Phi) is 7.36. The Morgan fingerprint density at radius 1 is 1.09 bits per heavy atom. The second kappa shape index (κ2) is 10.2.